The Morgan fingerprint density at radius 2 is 2.03 bits per heavy atom. The van der Waals surface area contributed by atoms with E-state index in [0.29, 0.717) is 42.1 Å². The van der Waals surface area contributed by atoms with Crippen LogP contribution >= 0.6 is 0 Å². The summed E-state index contributed by atoms with van der Waals surface area (Å²) in [5.74, 6) is 1.05. The molecule has 2 aromatic heterocycles. The fourth-order valence-corrected chi connectivity index (χ4v) is 6.85. The van der Waals surface area contributed by atoms with Gasteiger partial charge in [-0.05, 0) is 65.0 Å². The lowest BCUT2D eigenvalue weighted by atomic mass is 10.1. The highest BCUT2D eigenvalue weighted by Crippen LogP contribution is 2.41. The maximum Gasteiger partial charge on any atom is 0.252 e. The van der Waals surface area contributed by atoms with Gasteiger partial charge >= 0.3 is 0 Å². The zero-order valence-electron chi connectivity index (χ0n) is 19.2. The van der Waals surface area contributed by atoms with Crippen LogP contribution in [-0.2, 0) is 9.84 Å². The van der Waals surface area contributed by atoms with Crippen molar-refractivity contribution in [3.63, 3.8) is 0 Å². The van der Waals surface area contributed by atoms with Gasteiger partial charge in [-0.15, -0.1) is 0 Å². The van der Waals surface area contributed by atoms with Crippen LogP contribution in [0, 0.1) is 12.8 Å². The second kappa shape index (κ2) is 8.09. The normalized spacial score (nSPS) is 25.8. The molecule has 3 fully saturated rings. The lowest BCUT2D eigenvalue weighted by Crippen LogP contribution is -2.33. The zero-order chi connectivity index (χ0) is 22.6. The third kappa shape index (κ3) is 4.17. The van der Waals surface area contributed by atoms with E-state index in [1.807, 2.05) is 13.0 Å². The van der Waals surface area contributed by atoms with Crippen LogP contribution in [0.5, 0.6) is 0 Å². The van der Waals surface area contributed by atoms with Gasteiger partial charge in [-0.3, -0.25) is 4.79 Å². The van der Waals surface area contributed by atoms with Crippen LogP contribution < -0.4 is 5.32 Å². The smallest absolute Gasteiger partial charge is 0.252 e. The van der Waals surface area contributed by atoms with Gasteiger partial charge in [0, 0.05) is 30.7 Å². The van der Waals surface area contributed by atoms with Crippen molar-refractivity contribution in [2.45, 2.75) is 64.5 Å². The maximum absolute atomic E-state index is 13.3. The molecule has 2 atom stereocenters. The fraction of sp³-hybridized carbons (Fsp3) is 0.696. The zero-order valence-corrected chi connectivity index (χ0v) is 20.0. The topological polar surface area (TPSA) is 97.2 Å². The standard InChI is InChI=1S/C23H33N5O3S/c1-14(2)27-8-6-16(12-27)11-24-23(29)19-10-20(17-4-5-17)25-22-21(19)15(3)26-28(22)18-7-9-32(30,31)13-18/h10,14,16-18H,4-9,11-13H2,1-3H3,(H,24,29)/t16-,18-/m0/s1. The predicted molar refractivity (Wildman–Crippen MR) is 124 cm³/mol. The Bertz CT molecular complexity index is 1150. The summed E-state index contributed by atoms with van der Waals surface area (Å²) in [5.41, 5.74) is 2.94. The number of carbonyl (C=O) groups excluding carboxylic acids is 1. The van der Waals surface area contributed by atoms with Gasteiger partial charge < -0.3 is 10.2 Å². The minimum absolute atomic E-state index is 0.0796. The molecule has 0 radical (unpaired) electrons. The number of hydrogen-bond acceptors (Lipinski definition) is 6. The van der Waals surface area contributed by atoms with Crippen molar-refractivity contribution >= 4 is 26.8 Å². The summed E-state index contributed by atoms with van der Waals surface area (Å²) in [6, 6.07) is 2.26. The minimum Gasteiger partial charge on any atom is -0.352 e. The maximum atomic E-state index is 13.3. The van der Waals surface area contributed by atoms with Gasteiger partial charge in [0.25, 0.3) is 5.91 Å². The molecule has 5 rings (SSSR count). The summed E-state index contributed by atoms with van der Waals surface area (Å²) >= 11 is 0. The summed E-state index contributed by atoms with van der Waals surface area (Å²) < 4.78 is 25.9. The summed E-state index contributed by atoms with van der Waals surface area (Å²) in [6.45, 7) is 9.08. The van der Waals surface area contributed by atoms with Gasteiger partial charge in [0.15, 0.2) is 15.5 Å². The molecule has 1 amide bonds. The first-order valence-corrected chi connectivity index (χ1v) is 13.7. The van der Waals surface area contributed by atoms with Crippen LogP contribution in [0.1, 0.15) is 73.2 Å². The molecule has 0 spiro atoms. The Hall–Kier alpha value is -2.00. The lowest BCUT2D eigenvalue weighted by Gasteiger charge is -2.20. The number of pyridine rings is 1. The molecule has 0 unspecified atom stereocenters. The van der Waals surface area contributed by atoms with Crippen LogP contribution in [0.25, 0.3) is 11.0 Å². The van der Waals surface area contributed by atoms with Crippen molar-refractivity contribution < 1.29 is 13.2 Å². The van der Waals surface area contributed by atoms with E-state index in [9.17, 15) is 13.2 Å². The second-order valence-corrected chi connectivity index (χ2v) is 12.3. The van der Waals surface area contributed by atoms with E-state index in [1.54, 1.807) is 4.68 Å². The Kier molecular flexibility index (Phi) is 5.52. The van der Waals surface area contributed by atoms with Gasteiger partial charge in [-0.25, -0.2) is 18.1 Å². The number of amides is 1. The van der Waals surface area contributed by atoms with Crippen LogP contribution in [0.3, 0.4) is 0 Å². The van der Waals surface area contributed by atoms with Crippen LogP contribution in [0.15, 0.2) is 6.07 Å². The third-order valence-electron chi connectivity index (χ3n) is 7.25. The van der Waals surface area contributed by atoms with E-state index in [0.717, 1.165) is 49.1 Å². The molecule has 3 aliphatic rings. The molecule has 1 saturated carbocycles. The number of nitrogens with one attached hydrogen (secondary N) is 1. The summed E-state index contributed by atoms with van der Waals surface area (Å²) in [5, 5.41) is 8.60. The van der Waals surface area contributed by atoms with Crippen LogP contribution in [0.4, 0.5) is 0 Å². The first-order valence-electron chi connectivity index (χ1n) is 11.8. The number of carbonyl (C=O) groups is 1. The molecule has 2 saturated heterocycles. The predicted octanol–water partition coefficient (Wildman–Crippen LogP) is 2.44. The number of fused-ring (bicyclic) bond motifs is 1. The monoisotopic (exact) mass is 459 g/mol. The molecular formula is C23H33N5O3S. The highest BCUT2D eigenvalue weighted by molar-refractivity contribution is 7.91. The summed E-state index contributed by atoms with van der Waals surface area (Å²) in [6.07, 6.45) is 3.81. The third-order valence-corrected chi connectivity index (χ3v) is 9.00. The number of rotatable bonds is 6. The van der Waals surface area contributed by atoms with E-state index in [4.69, 9.17) is 4.98 Å². The first kappa shape index (κ1) is 21.8. The average Bonchev–Trinajstić information content (AvgIpc) is 3.23. The fourth-order valence-electron chi connectivity index (χ4n) is 5.15. The van der Waals surface area contributed by atoms with E-state index in [1.165, 1.54) is 0 Å². The number of aryl methyl sites for hydroxylation is 1. The Morgan fingerprint density at radius 1 is 1.25 bits per heavy atom. The minimum atomic E-state index is -3.04. The summed E-state index contributed by atoms with van der Waals surface area (Å²) in [4.78, 5) is 20.7. The Balaban J connectivity index is 1.44. The number of aromatic nitrogens is 3. The molecule has 0 bridgehead atoms. The molecule has 0 aromatic carbocycles. The molecule has 9 heteroatoms. The van der Waals surface area contributed by atoms with E-state index >= 15 is 0 Å². The van der Waals surface area contributed by atoms with Crippen molar-refractivity contribution in [1.29, 1.82) is 0 Å². The van der Waals surface area contributed by atoms with E-state index < -0.39 is 9.84 Å². The molecule has 1 aliphatic carbocycles. The highest BCUT2D eigenvalue weighted by Gasteiger charge is 2.34. The van der Waals surface area contributed by atoms with Gasteiger partial charge in [0.1, 0.15) is 0 Å². The molecule has 4 heterocycles. The number of hydrogen-bond donors (Lipinski definition) is 1. The van der Waals surface area contributed by atoms with Gasteiger partial charge in [0.05, 0.1) is 34.2 Å². The SMILES string of the molecule is Cc1nn([C@H]2CCS(=O)(=O)C2)c2nc(C3CC3)cc(C(=O)NC[C@@H]3CCN(C(C)C)C3)c12. The van der Waals surface area contributed by atoms with Crippen molar-refractivity contribution in [3.8, 4) is 0 Å². The summed E-state index contributed by atoms with van der Waals surface area (Å²) in [7, 11) is -3.04. The quantitative estimate of drug-likeness (QED) is 0.713. The molecule has 2 aromatic rings. The van der Waals surface area contributed by atoms with Gasteiger partial charge in [0.2, 0.25) is 0 Å². The first-order chi connectivity index (χ1) is 15.2. The second-order valence-electron chi connectivity index (χ2n) is 10.1. The average molecular weight is 460 g/mol. The van der Waals surface area contributed by atoms with Crippen LogP contribution in [-0.4, -0.2) is 71.2 Å². The van der Waals surface area contributed by atoms with E-state index in [2.05, 4.69) is 29.2 Å². The number of likely N-dealkylation sites (tertiary alicyclic amines) is 1. The van der Waals surface area contributed by atoms with Crippen molar-refractivity contribution in [2.24, 2.45) is 5.92 Å². The number of nitrogens with zero attached hydrogens (tertiary/aromatic N) is 4. The largest absolute Gasteiger partial charge is 0.352 e. The number of sulfone groups is 1. The van der Waals surface area contributed by atoms with Gasteiger partial charge in [-0.1, -0.05) is 0 Å². The van der Waals surface area contributed by atoms with Crippen molar-refractivity contribution in [2.75, 3.05) is 31.1 Å². The molecule has 174 valence electrons. The van der Waals surface area contributed by atoms with Crippen molar-refractivity contribution in [3.05, 3.63) is 23.0 Å². The molecular weight excluding hydrogens is 426 g/mol. The molecule has 32 heavy (non-hydrogen) atoms. The van der Waals surface area contributed by atoms with Crippen molar-refractivity contribution in [1.82, 2.24) is 25.0 Å². The van der Waals surface area contributed by atoms with Gasteiger partial charge in [-0.2, -0.15) is 5.10 Å². The lowest BCUT2D eigenvalue weighted by molar-refractivity contribution is 0.0948. The van der Waals surface area contributed by atoms with Crippen LogP contribution in [0.2, 0.25) is 0 Å². The molecule has 2 aliphatic heterocycles. The Labute approximate surface area is 189 Å². The molecule has 1 N–H and O–H groups in total. The Morgan fingerprint density at radius 3 is 2.66 bits per heavy atom. The molecule has 8 nitrogen and oxygen atoms in total. The highest BCUT2D eigenvalue weighted by atomic mass is 32.2. The van der Waals surface area contributed by atoms with E-state index in [-0.39, 0.29) is 23.5 Å².